The number of sulfonamides is 1. The van der Waals surface area contributed by atoms with Crippen molar-refractivity contribution in [1.29, 1.82) is 0 Å². The van der Waals surface area contributed by atoms with Gasteiger partial charge in [0.2, 0.25) is 0 Å². The molecule has 1 aromatic heterocycles. The molecule has 0 aliphatic carbocycles. The predicted molar refractivity (Wildman–Crippen MR) is 76.1 cm³/mol. The van der Waals surface area contributed by atoms with Gasteiger partial charge in [0.05, 0.1) is 13.2 Å². The average Bonchev–Trinajstić information content (AvgIpc) is 2.86. The van der Waals surface area contributed by atoms with Crippen molar-refractivity contribution < 1.29 is 13.2 Å². The van der Waals surface area contributed by atoms with E-state index >= 15 is 0 Å². The van der Waals surface area contributed by atoms with E-state index in [1.807, 2.05) is 20.0 Å². The van der Waals surface area contributed by atoms with Gasteiger partial charge >= 0.3 is 0 Å². The van der Waals surface area contributed by atoms with Crippen molar-refractivity contribution in [3.8, 4) is 0 Å². The lowest BCUT2D eigenvalue weighted by molar-refractivity contribution is 0.0393. The summed E-state index contributed by atoms with van der Waals surface area (Å²) >= 11 is 1.37. The number of hydrogen-bond donors (Lipinski definition) is 1. The highest BCUT2D eigenvalue weighted by Gasteiger charge is 2.32. The van der Waals surface area contributed by atoms with Crippen molar-refractivity contribution in [1.82, 2.24) is 9.62 Å². The van der Waals surface area contributed by atoms with Crippen LogP contribution in [0.3, 0.4) is 0 Å². The van der Waals surface area contributed by atoms with Gasteiger partial charge in [-0.05, 0) is 39.1 Å². The maximum Gasteiger partial charge on any atom is 0.252 e. The largest absolute Gasteiger partial charge is 0.378 e. The number of rotatable bonds is 5. The Hall–Kier alpha value is -0.470. The van der Waals surface area contributed by atoms with Crippen LogP contribution in [0.5, 0.6) is 0 Å². The number of morpholine rings is 1. The van der Waals surface area contributed by atoms with Crippen LogP contribution in [0.4, 0.5) is 0 Å². The van der Waals surface area contributed by atoms with Gasteiger partial charge in [0.25, 0.3) is 10.0 Å². The molecule has 1 saturated heterocycles. The van der Waals surface area contributed by atoms with E-state index in [-0.39, 0.29) is 6.04 Å². The summed E-state index contributed by atoms with van der Waals surface area (Å²) in [7, 11) is -1.47. The second-order valence-corrected chi connectivity index (χ2v) is 7.90. The topological polar surface area (TPSA) is 58.6 Å². The third kappa shape index (κ3) is 3.35. The molecule has 19 heavy (non-hydrogen) atoms. The van der Waals surface area contributed by atoms with Gasteiger partial charge in [-0.2, -0.15) is 4.31 Å². The van der Waals surface area contributed by atoms with Crippen molar-refractivity contribution in [3.05, 3.63) is 17.0 Å². The van der Waals surface area contributed by atoms with E-state index in [4.69, 9.17) is 4.74 Å². The molecule has 0 bridgehead atoms. The first-order valence-electron chi connectivity index (χ1n) is 6.38. The fourth-order valence-electron chi connectivity index (χ4n) is 2.06. The summed E-state index contributed by atoms with van der Waals surface area (Å²) in [6.45, 7) is 4.12. The highest BCUT2D eigenvalue weighted by Crippen LogP contribution is 2.27. The maximum atomic E-state index is 12.5. The van der Waals surface area contributed by atoms with Crippen molar-refractivity contribution in [3.63, 3.8) is 0 Å². The van der Waals surface area contributed by atoms with E-state index < -0.39 is 10.0 Å². The quantitative estimate of drug-likeness (QED) is 0.879. The number of nitrogens with zero attached hydrogens (tertiary/aromatic N) is 1. The molecule has 0 radical (unpaired) electrons. The molecular formula is C12H20N2O3S2. The molecule has 1 atom stereocenters. The molecule has 1 aliphatic rings. The van der Waals surface area contributed by atoms with E-state index in [1.54, 1.807) is 10.4 Å². The lowest BCUT2D eigenvalue weighted by Crippen LogP contribution is -2.46. The van der Waals surface area contributed by atoms with Gasteiger partial charge in [-0.1, -0.05) is 0 Å². The molecule has 0 saturated carbocycles. The van der Waals surface area contributed by atoms with Crippen molar-refractivity contribution in [2.45, 2.75) is 23.6 Å². The van der Waals surface area contributed by atoms with Gasteiger partial charge in [-0.3, -0.25) is 0 Å². The standard InChI is InChI=1S/C12H20N2O3S2/c1-10-9-17-8-7-14(10)19(15,16)12-4-3-11(18-12)5-6-13-2/h3-4,10,13H,5-9H2,1-2H3. The maximum absolute atomic E-state index is 12.5. The fraction of sp³-hybridized carbons (Fsp3) is 0.667. The molecule has 5 nitrogen and oxygen atoms in total. The molecule has 2 heterocycles. The second kappa shape index (κ2) is 6.32. The normalized spacial score (nSPS) is 21.7. The van der Waals surface area contributed by atoms with Crippen molar-refractivity contribution in [2.75, 3.05) is 33.4 Å². The first kappa shape index (κ1) is 14.9. The Labute approximate surface area is 118 Å². The van der Waals surface area contributed by atoms with E-state index in [0.29, 0.717) is 24.0 Å². The summed E-state index contributed by atoms with van der Waals surface area (Å²) < 4.78 is 32.4. The van der Waals surface area contributed by atoms with Gasteiger partial charge in [0.1, 0.15) is 4.21 Å². The van der Waals surface area contributed by atoms with E-state index in [2.05, 4.69) is 5.32 Å². The Morgan fingerprint density at radius 2 is 2.32 bits per heavy atom. The number of likely N-dealkylation sites (N-methyl/N-ethyl adjacent to an activating group) is 1. The van der Waals surface area contributed by atoms with E-state index in [1.165, 1.54) is 11.3 Å². The van der Waals surface area contributed by atoms with E-state index in [9.17, 15) is 8.42 Å². The number of hydrogen-bond acceptors (Lipinski definition) is 5. The number of nitrogens with one attached hydrogen (secondary N) is 1. The zero-order valence-corrected chi connectivity index (χ0v) is 12.9. The summed E-state index contributed by atoms with van der Waals surface area (Å²) in [5.74, 6) is 0. The third-order valence-corrected chi connectivity index (χ3v) is 6.75. The Morgan fingerprint density at radius 1 is 1.53 bits per heavy atom. The smallest absolute Gasteiger partial charge is 0.252 e. The van der Waals surface area contributed by atoms with Gasteiger partial charge < -0.3 is 10.1 Å². The summed E-state index contributed by atoms with van der Waals surface area (Å²) in [6.07, 6.45) is 0.856. The molecule has 0 spiro atoms. The summed E-state index contributed by atoms with van der Waals surface area (Å²) in [5.41, 5.74) is 0. The minimum absolute atomic E-state index is 0.0957. The van der Waals surface area contributed by atoms with Crippen LogP contribution in [0.15, 0.2) is 16.3 Å². The second-order valence-electron chi connectivity index (χ2n) is 4.61. The lowest BCUT2D eigenvalue weighted by atomic mass is 10.3. The molecule has 1 aromatic rings. The lowest BCUT2D eigenvalue weighted by Gasteiger charge is -2.31. The van der Waals surface area contributed by atoms with Crippen molar-refractivity contribution in [2.24, 2.45) is 0 Å². The number of thiophene rings is 1. The highest BCUT2D eigenvalue weighted by atomic mass is 32.2. The first-order chi connectivity index (χ1) is 9.05. The predicted octanol–water partition coefficient (Wildman–Crippen LogP) is 0.919. The van der Waals surface area contributed by atoms with Crippen LogP contribution >= 0.6 is 11.3 Å². The Balaban J connectivity index is 2.16. The molecule has 2 rings (SSSR count). The monoisotopic (exact) mass is 304 g/mol. The summed E-state index contributed by atoms with van der Waals surface area (Å²) in [5, 5.41) is 3.06. The van der Waals surface area contributed by atoms with Crippen LogP contribution in [0.1, 0.15) is 11.8 Å². The SMILES string of the molecule is CNCCc1ccc(S(=O)(=O)N2CCOCC2C)s1. The molecule has 0 amide bonds. The fourth-order valence-corrected chi connectivity index (χ4v) is 5.15. The Bertz CT molecular complexity index is 513. The Kier molecular flexibility index (Phi) is 4.97. The molecule has 0 aromatic carbocycles. The van der Waals surface area contributed by atoms with Gasteiger partial charge in [0, 0.05) is 17.5 Å². The van der Waals surface area contributed by atoms with Crippen LogP contribution < -0.4 is 5.32 Å². The molecule has 1 aliphatic heterocycles. The van der Waals surface area contributed by atoms with Crippen LogP contribution in [-0.2, 0) is 21.2 Å². The first-order valence-corrected chi connectivity index (χ1v) is 8.64. The zero-order valence-electron chi connectivity index (χ0n) is 11.3. The molecule has 108 valence electrons. The van der Waals surface area contributed by atoms with Crippen LogP contribution in [0.2, 0.25) is 0 Å². The minimum Gasteiger partial charge on any atom is -0.378 e. The summed E-state index contributed by atoms with van der Waals surface area (Å²) in [6, 6.07) is 3.52. The summed E-state index contributed by atoms with van der Waals surface area (Å²) in [4.78, 5) is 1.09. The van der Waals surface area contributed by atoms with Crippen LogP contribution in [-0.4, -0.2) is 52.1 Å². The molecule has 1 N–H and O–H groups in total. The van der Waals surface area contributed by atoms with E-state index in [0.717, 1.165) is 17.8 Å². The van der Waals surface area contributed by atoms with Crippen LogP contribution in [0.25, 0.3) is 0 Å². The molecule has 1 fully saturated rings. The van der Waals surface area contributed by atoms with Gasteiger partial charge in [-0.25, -0.2) is 8.42 Å². The zero-order chi connectivity index (χ0) is 13.9. The number of ether oxygens (including phenoxy) is 1. The van der Waals surface area contributed by atoms with Gasteiger partial charge in [-0.15, -0.1) is 11.3 Å². The van der Waals surface area contributed by atoms with Crippen molar-refractivity contribution >= 4 is 21.4 Å². The Morgan fingerprint density at radius 3 is 3.00 bits per heavy atom. The molecule has 7 heteroatoms. The highest BCUT2D eigenvalue weighted by molar-refractivity contribution is 7.91. The third-order valence-electron chi connectivity index (χ3n) is 3.13. The molecule has 1 unspecified atom stereocenters. The molecular weight excluding hydrogens is 284 g/mol. The van der Waals surface area contributed by atoms with Crippen LogP contribution in [0, 0.1) is 0 Å². The minimum atomic E-state index is -3.36. The van der Waals surface area contributed by atoms with Gasteiger partial charge in [0.15, 0.2) is 0 Å². The average molecular weight is 304 g/mol.